The van der Waals surface area contributed by atoms with Gasteiger partial charge in [-0.2, -0.15) is 0 Å². The lowest BCUT2D eigenvalue weighted by molar-refractivity contribution is -0.129. The zero-order valence-corrected chi connectivity index (χ0v) is 16.7. The molecular formula is C21H28N4O4. The minimum atomic E-state index is -0.246. The van der Waals surface area contributed by atoms with Crippen molar-refractivity contribution in [3.63, 3.8) is 0 Å². The number of nitrogens with zero attached hydrogens (tertiary/aromatic N) is 2. The number of hydrogen-bond donors (Lipinski definition) is 2. The Kier molecular flexibility index (Phi) is 5.82. The van der Waals surface area contributed by atoms with Crippen LogP contribution in [0.5, 0.6) is 0 Å². The molecule has 2 fully saturated rings. The molecule has 1 aromatic rings. The highest BCUT2D eigenvalue weighted by molar-refractivity contribution is 5.95. The van der Waals surface area contributed by atoms with Crippen molar-refractivity contribution in [1.29, 1.82) is 0 Å². The van der Waals surface area contributed by atoms with Gasteiger partial charge >= 0.3 is 0 Å². The molecule has 3 aliphatic rings. The summed E-state index contributed by atoms with van der Waals surface area (Å²) in [6, 6.07) is 7.83. The summed E-state index contributed by atoms with van der Waals surface area (Å²) in [5, 5.41) is 5.91. The second-order valence-corrected chi connectivity index (χ2v) is 8.01. The molecule has 8 heteroatoms. The van der Waals surface area contributed by atoms with Crippen molar-refractivity contribution >= 4 is 23.4 Å². The number of carbonyl (C=O) groups is 3. The van der Waals surface area contributed by atoms with E-state index in [-0.39, 0.29) is 42.5 Å². The minimum Gasteiger partial charge on any atom is -0.375 e. The molecule has 0 aliphatic carbocycles. The van der Waals surface area contributed by atoms with Gasteiger partial charge in [0.2, 0.25) is 17.7 Å². The van der Waals surface area contributed by atoms with Crippen molar-refractivity contribution < 1.29 is 19.1 Å². The van der Waals surface area contributed by atoms with E-state index >= 15 is 0 Å². The van der Waals surface area contributed by atoms with Gasteiger partial charge in [0.05, 0.1) is 6.04 Å². The molecule has 2 saturated heterocycles. The number of para-hydroxylation sites is 1. The quantitative estimate of drug-likeness (QED) is 0.705. The smallest absolute Gasteiger partial charge is 0.246 e. The Morgan fingerprint density at radius 2 is 2.14 bits per heavy atom. The van der Waals surface area contributed by atoms with Gasteiger partial charge in [0, 0.05) is 50.9 Å². The number of anilines is 1. The predicted octanol–water partition coefficient (Wildman–Crippen LogP) is 0.0598. The van der Waals surface area contributed by atoms with Crippen LogP contribution in [-0.4, -0.2) is 74.1 Å². The van der Waals surface area contributed by atoms with Gasteiger partial charge in [0.1, 0.15) is 6.61 Å². The number of amides is 3. The highest BCUT2D eigenvalue weighted by atomic mass is 16.5. The standard InChI is InChI=1S/C21H28N4O4/c1-29-13-19(26)23-15-10-18-21(28)22-11-16(25(18)12-15)6-7-20(27)24-9-8-14-4-2-3-5-17(14)24/h2-5,15-16,18H,6-13H2,1H3,(H,22,28)(H,23,26). The fourth-order valence-corrected chi connectivity index (χ4v) is 4.77. The molecule has 156 valence electrons. The molecule has 29 heavy (non-hydrogen) atoms. The van der Waals surface area contributed by atoms with Gasteiger partial charge in [0.25, 0.3) is 0 Å². The van der Waals surface area contributed by atoms with Crippen molar-refractivity contribution in [2.24, 2.45) is 0 Å². The van der Waals surface area contributed by atoms with E-state index < -0.39 is 0 Å². The van der Waals surface area contributed by atoms with Crippen molar-refractivity contribution in [1.82, 2.24) is 15.5 Å². The average molecular weight is 400 g/mol. The van der Waals surface area contributed by atoms with Crippen LogP contribution in [0, 0.1) is 0 Å². The van der Waals surface area contributed by atoms with Gasteiger partial charge in [-0.1, -0.05) is 18.2 Å². The van der Waals surface area contributed by atoms with Gasteiger partial charge in [0.15, 0.2) is 0 Å². The van der Waals surface area contributed by atoms with Crippen molar-refractivity contribution in [3.05, 3.63) is 29.8 Å². The van der Waals surface area contributed by atoms with Crippen LogP contribution in [0.2, 0.25) is 0 Å². The van der Waals surface area contributed by atoms with Crippen LogP contribution in [0.4, 0.5) is 5.69 Å². The molecule has 0 saturated carbocycles. The van der Waals surface area contributed by atoms with Crippen LogP contribution in [0.3, 0.4) is 0 Å². The van der Waals surface area contributed by atoms with E-state index in [4.69, 9.17) is 4.74 Å². The Labute approximate surface area is 170 Å². The monoisotopic (exact) mass is 400 g/mol. The van der Waals surface area contributed by atoms with E-state index in [0.29, 0.717) is 32.4 Å². The van der Waals surface area contributed by atoms with Gasteiger partial charge in [-0.3, -0.25) is 19.3 Å². The maximum atomic E-state index is 12.8. The number of fused-ring (bicyclic) bond motifs is 2. The molecule has 0 bridgehead atoms. The maximum absolute atomic E-state index is 12.8. The summed E-state index contributed by atoms with van der Waals surface area (Å²) in [7, 11) is 1.48. The van der Waals surface area contributed by atoms with Crippen LogP contribution >= 0.6 is 0 Å². The molecule has 3 aliphatic heterocycles. The number of rotatable bonds is 6. The normalized spacial score (nSPS) is 26.0. The Bertz CT molecular complexity index is 799. The Balaban J connectivity index is 1.35. The highest BCUT2D eigenvalue weighted by Crippen LogP contribution is 2.29. The number of carbonyl (C=O) groups excluding carboxylic acids is 3. The van der Waals surface area contributed by atoms with E-state index in [1.54, 1.807) is 0 Å². The second kappa shape index (κ2) is 8.51. The number of piperazine rings is 1. The van der Waals surface area contributed by atoms with Crippen LogP contribution in [-0.2, 0) is 25.5 Å². The maximum Gasteiger partial charge on any atom is 0.246 e. The van der Waals surface area contributed by atoms with Crippen molar-refractivity contribution in [2.75, 3.05) is 38.3 Å². The van der Waals surface area contributed by atoms with Gasteiger partial charge in [-0.25, -0.2) is 0 Å². The van der Waals surface area contributed by atoms with E-state index in [1.807, 2.05) is 23.1 Å². The van der Waals surface area contributed by atoms with Gasteiger partial charge in [-0.15, -0.1) is 0 Å². The molecule has 0 aromatic heterocycles. The summed E-state index contributed by atoms with van der Waals surface area (Å²) in [6.07, 6.45) is 2.62. The first kappa shape index (κ1) is 19.8. The lowest BCUT2D eigenvalue weighted by Gasteiger charge is -2.37. The Hall–Kier alpha value is -2.45. The van der Waals surface area contributed by atoms with Gasteiger partial charge in [-0.05, 0) is 30.9 Å². The van der Waals surface area contributed by atoms with E-state index in [9.17, 15) is 14.4 Å². The minimum absolute atomic E-state index is 0.00420. The number of hydrogen-bond acceptors (Lipinski definition) is 5. The predicted molar refractivity (Wildman–Crippen MR) is 107 cm³/mol. The molecule has 0 radical (unpaired) electrons. The van der Waals surface area contributed by atoms with Crippen LogP contribution in [0.1, 0.15) is 24.8 Å². The van der Waals surface area contributed by atoms with Crippen LogP contribution in [0.15, 0.2) is 24.3 Å². The Morgan fingerprint density at radius 1 is 1.31 bits per heavy atom. The van der Waals surface area contributed by atoms with E-state index in [0.717, 1.165) is 18.7 Å². The molecule has 3 amide bonds. The highest BCUT2D eigenvalue weighted by Gasteiger charge is 2.43. The van der Waals surface area contributed by atoms with E-state index in [1.165, 1.54) is 12.7 Å². The average Bonchev–Trinajstić information content (AvgIpc) is 3.32. The van der Waals surface area contributed by atoms with Crippen LogP contribution in [0.25, 0.3) is 0 Å². The first-order chi connectivity index (χ1) is 14.1. The lowest BCUT2D eigenvalue weighted by atomic mass is 10.0. The van der Waals surface area contributed by atoms with Crippen LogP contribution < -0.4 is 15.5 Å². The summed E-state index contributed by atoms with van der Waals surface area (Å²) in [5.41, 5.74) is 2.24. The SMILES string of the molecule is COCC(=O)NC1CC2C(=O)NCC(CCC(=O)N3CCc4ccccc43)N2C1. The molecule has 4 rings (SSSR count). The zero-order valence-electron chi connectivity index (χ0n) is 16.7. The molecule has 2 N–H and O–H groups in total. The summed E-state index contributed by atoms with van der Waals surface area (Å²) in [5.74, 6) is -0.0331. The molecule has 3 heterocycles. The fraction of sp³-hybridized carbons (Fsp3) is 0.571. The molecule has 8 nitrogen and oxygen atoms in total. The van der Waals surface area contributed by atoms with Crippen molar-refractivity contribution in [3.8, 4) is 0 Å². The third-order valence-electron chi connectivity index (χ3n) is 6.14. The molecule has 0 spiro atoms. The van der Waals surface area contributed by atoms with Gasteiger partial charge < -0.3 is 20.3 Å². The third-order valence-corrected chi connectivity index (χ3v) is 6.14. The number of nitrogens with one attached hydrogen (secondary N) is 2. The van der Waals surface area contributed by atoms with Crippen molar-refractivity contribution in [2.45, 2.75) is 43.8 Å². The number of benzene rings is 1. The zero-order chi connectivity index (χ0) is 20.4. The largest absolute Gasteiger partial charge is 0.375 e. The first-order valence-corrected chi connectivity index (χ1v) is 10.3. The van der Waals surface area contributed by atoms with E-state index in [2.05, 4.69) is 21.6 Å². The number of methoxy groups -OCH3 is 1. The topological polar surface area (TPSA) is 91.0 Å². The molecule has 3 unspecified atom stereocenters. The summed E-state index contributed by atoms with van der Waals surface area (Å²) >= 11 is 0. The third kappa shape index (κ3) is 4.13. The molecule has 3 atom stereocenters. The second-order valence-electron chi connectivity index (χ2n) is 8.01. The summed E-state index contributed by atoms with van der Waals surface area (Å²) < 4.78 is 4.87. The lowest BCUT2D eigenvalue weighted by Crippen LogP contribution is -2.58. The fourth-order valence-electron chi connectivity index (χ4n) is 4.77. The first-order valence-electron chi connectivity index (χ1n) is 10.3. The Morgan fingerprint density at radius 3 is 2.97 bits per heavy atom. The molecular weight excluding hydrogens is 372 g/mol. The summed E-state index contributed by atoms with van der Waals surface area (Å²) in [6.45, 7) is 1.92. The number of ether oxygens (including phenoxy) is 1. The summed E-state index contributed by atoms with van der Waals surface area (Å²) in [4.78, 5) is 41.0. The molecule has 1 aromatic carbocycles.